The molecule has 1 amide bonds. The number of aryl methyl sites for hydroxylation is 2. The van der Waals surface area contributed by atoms with E-state index in [1.807, 2.05) is 6.92 Å². The lowest BCUT2D eigenvalue weighted by molar-refractivity contribution is -0.134. The molecule has 2 aromatic rings. The normalized spacial score (nSPS) is 19.5. The van der Waals surface area contributed by atoms with Crippen LogP contribution in [-0.4, -0.2) is 50.8 Å². The van der Waals surface area contributed by atoms with E-state index in [9.17, 15) is 14.4 Å². The molecule has 0 radical (unpaired) electrons. The Bertz CT molecular complexity index is 980. The third kappa shape index (κ3) is 7.23. The van der Waals surface area contributed by atoms with Gasteiger partial charge in [-0.25, -0.2) is 9.59 Å². The lowest BCUT2D eigenvalue weighted by atomic mass is 10.1. The first-order valence-electron chi connectivity index (χ1n) is 9.82. The molecule has 0 bridgehead atoms. The van der Waals surface area contributed by atoms with Gasteiger partial charge in [-0.3, -0.25) is 10.1 Å². The van der Waals surface area contributed by atoms with E-state index in [1.165, 1.54) is 41.0 Å². The topological polar surface area (TPSA) is 142 Å². The zero-order valence-corrected chi connectivity index (χ0v) is 18.8. The predicted octanol–water partition coefficient (Wildman–Crippen LogP) is 3.04. The molecular weight excluding hydrogens is 440 g/mol. The van der Waals surface area contributed by atoms with E-state index in [2.05, 4.69) is 33.8 Å². The van der Waals surface area contributed by atoms with E-state index < -0.39 is 11.9 Å². The van der Waals surface area contributed by atoms with Gasteiger partial charge < -0.3 is 15.5 Å². The highest BCUT2D eigenvalue weighted by atomic mass is 32.1. The van der Waals surface area contributed by atoms with E-state index in [-0.39, 0.29) is 5.91 Å². The Kier molecular flexibility index (Phi) is 7.52. The van der Waals surface area contributed by atoms with Crippen molar-refractivity contribution in [3.05, 3.63) is 38.5 Å². The van der Waals surface area contributed by atoms with Crippen molar-refractivity contribution < 1.29 is 24.6 Å². The largest absolute Gasteiger partial charge is 0.478 e. The summed E-state index contributed by atoms with van der Waals surface area (Å²) in [6, 6.07) is 2.66. The lowest BCUT2D eigenvalue weighted by Gasteiger charge is -2.02. The first kappa shape index (κ1) is 23.0. The van der Waals surface area contributed by atoms with E-state index in [4.69, 9.17) is 10.2 Å². The van der Waals surface area contributed by atoms with Gasteiger partial charge in [-0.15, -0.1) is 21.5 Å². The molecular formula is C20H24N4O5S2. The van der Waals surface area contributed by atoms with Crippen molar-refractivity contribution in [2.24, 2.45) is 5.92 Å². The minimum Gasteiger partial charge on any atom is -0.478 e. The van der Waals surface area contributed by atoms with Crippen LogP contribution < -0.4 is 10.6 Å². The Labute approximate surface area is 187 Å². The summed E-state index contributed by atoms with van der Waals surface area (Å²) in [7, 11) is 0. The second kappa shape index (κ2) is 10.1. The molecule has 166 valence electrons. The highest BCUT2D eigenvalue weighted by Gasteiger charge is 2.40. The van der Waals surface area contributed by atoms with Crippen molar-refractivity contribution in [3.8, 4) is 0 Å². The number of aromatic nitrogens is 2. The second-order valence-corrected chi connectivity index (χ2v) is 9.95. The van der Waals surface area contributed by atoms with Crippen molar-refractivity contribution in [1.29, 1.82) is 0 Å². The molecule has 2 fully saturated rings. The van der Waals surface area contributed by atoms with Crippen molar-refractivity contribution in [1.82, 2.24) is 15.5 Å². The maximum Gasteiger partial charge on any atom is 0.328 e. The van der Waals surface area contributed by atoms with Gasteiger partial charge in [0.15, 0.2) is 0 Å². The van der Waals surface area contributed by atoms with Crippen molar-refractivity contribution in [2.45, 2.75) is 45.1 Å². The average molecular weight is 465 g/mol. The third-order valence-corrected chi connectivity index (χ3v) is 6.67. The first-order valence-corrected chi connectivity index (χ1v) is 11.4. The summed E-state index contributed by atoms with van der Waals surface area (Å²) in [6.07, 6.45) is 5.08. The lowest BCUT2D eigenvalue weighted by Crippen LogP contribution is -2.20. The molecule has 2 aliphatic carbocycles. The van der Waals surface area contributed by atoms with Gasteiger partial charge >= 0.3 is 11.9 Å². The molecule has 11 heteroatoms. The van der Waals surface area contributed by atoms with Crippen molar-refractivity contribution in [3.63, 3.8) is 0 Å². The molecule has 0 unspecified atom stereocenters. The van der Waals surface area contributed by atoms with Crippen LogP contribution in [0.1, 0.15) is 50.3 Å². The zero-order valence-electron chi connectivity index (χ0n) is 17.1. The van der Waals surface area contributed by atoms with Crippen LogP contribution in [0.3, 0.4) is 0 Å². The standard InChI is InChI=1S/C16H20N4OS2.C4H4O4/c1-8-11(12-5-13(12)17-7-10-3-4-10)6-14(22-8)15(21)18-16-20-19-9(2)23-16;5-3(6)1-2-4(7)8/h6,10,12-13,17H,3-5,7H2,1-2H3,(H,18,20,21);1-2H,(H,5,6)(H,7,8)/b;2-1+/t12-,13+;/m1./s1. The number of carboxylic acids is 2. The molecule has 0 spiro atoms. The van der Waals surface area contributed by atoms with Gasteiger partial charge in [0.25, 0.3) is 5.91 Å². The molecule has 2 aliphatic rings. The molecule has 0 aliphatic heterocycles. The van der Waals surface area contributed by atoms with E-state index in [0.717, 1.165) is 22.3 Å². The summed E-state index contributed by atoms with van der Waals surface area (Å²) in [5.74, 6) is -1.10. The quantitative estimate of drug-likeness (QED) is 0.437. The number of hydrogen-bond donors (Lipinski definition) is 4. The number of anilines is 1. The van der Waals surface area contributed by atoms with Gasteiger partial charge in [-0.1, -0.05) is 11.3 Å². The van der Waals surface area contributed by atoms with Crippen LogP contribution in [0.25, 0.3) is 0 Å². The summed E-state index contributed by atoms with van der Waals surface area (Å²) in [6.45, 7) is 5.15. The minimum atomic E-state index is -1.26. The molecule has 2 saturated carbocycles. The number of carboxylic acid groups (broad SMARTS) is 2. The number of carbonyl (C=O) groups excluding carboxylic acids is 1. The second-order valence-electron chi connectivity index (χ2n) is 7.51. The number of amides is 1. The molecule has 2 heterocycles. The molecule has 31 heavy (non-hydrogen) atoms. The van der Waals surface area contributed by atoms with E-state index in [0.29, 0.717) is 29.2 Å². The fraction of sp³-hybridized carbons (Fsp3) is 0.450. The highest BCUT2D eigenvalue weighted by molar-refractivity contribution is 7.16. The third-order valence-electron chi connectivity index (χ3n) is 4.85. The molecule has 9 nitrogen and oxygen atoms in total. The number of carbonyl (C=O) groups is 3. The van der Waals surface area contributed by atoms with Gasteiger partial charge in [-0.2, -0.15) is 0 Å². The van der Waals surface area contributed by atoms with E-state index >= 15 is 0 Å². The van der Waals surface area contributed by atoms with Gasteiger partial charge in [0, 0.05) is 29.0 Å². The van der Waals surface area contributed by atoms with E-state index in [1.54, 1.807) is 11.3 Å². The number of rotatable bonds is 8. The van der Waals surface area contributed by atoms with Gasteiger partial charge in [0.05, 0.1) is 4.88 Å². The molecule has 0 aromatic carbocycles. The van der Waals surface area contributed by atoms with Crippen LogP contribution in [0, 0.1) is 19.8 Å². The zero-order chi connectivity index (χ0) is 22.5. The maximum atomic E-state index is 12.4. The molecule has 0 saturated heterocycles. The van der Waals surface area contributed by atoms with Crippen LogP contribution >= 0.6 is 22.7 Å². The summed E-state index contributed by atoms with van der Waals surface area (Å²) in [4.78, 5) is 33.5. The van der Waals surface area contributed by atoms with Crippen molar-refractivity contribution in [2.75, 3.05) is 11.9 Å². The van der Waals surface area contributed by atoms with Crippen LogP contribution in [0.2, 0.25) is 0 Å². The number of thiophene rings is 1. The minimum absolute atomic E-state index is 0.0800. The first-order chi connectivity index (χ1) is 14.7. The van der Waals surface area contributed by atoms with Crippen LogP contribution in [0.15, 0.2) is 18.2 Å². The van der Waals surface area contributed by atoms with Crippen LogP contribution in [0.4, 0.5) is 5.13 Å². The molecule has 4 N–H and O–H groups in total. The Morgan fingerprint density at radius 2 is 1.81 bits per heavy atom. The SMILES string of the molecule is Cc1nnc(NC(=O)c2cc([C@H]3C[C@@H]3NCC3CC3)c(C)s2)s1.O=C(O)/C=C/C(=O)O. The van der Waals surface area contributed by atoms with Gasteiger partial charge in [0.1, 0.15) is 5.01 Å². The Morgan fingerprint density at radius 1 is 1.13 bits per heavy atom. The summed E-state index contributed by atoms with van der Waals surface area (Å²) in [5.41, 5.74) is 1.34. The predicted molar refractivity (Wildman–Crippen MR) is 118 cm³/mol. The average Bonchev–Trinajstić information content (AvgIpc) is 3.60. The van der Waals surface area contributed by atoms with Gasteiger partial charge in [0.2, 0.25) is 5.13 Å². The Hall–Kier alpha value is -2.63. The Balaban J connectivity index is 0.000000293. The summed E-state index contributed by atoms with van der Waals surface area (Å²) < 4.78 is 0. The monoisotopic (exact) mass is 464 g/mol. The maximum absolute atomic E-state index is 12.4. The van der Waals surface area contributed by atoms with Crippen molar-refractivity contribution >= 4 is 45.7 Å². The molecule has 2 aromatic heterocycles. The number of nitrogens with one attached hydrogen (secondary N) is 2. The number of hydrogen-bond acceptors (Lipinski definition) is 8. The molecule has 4 rings (SSSR count). The molecule has 2 atom stereocenters. The smallest absolute Gasteiger partial charge is 0.328 e. The van der Waals surface area contributed by atoms with Gasteiger partial charge in [-0.05, 0) is 57.2 Å². The fourth-order valence-corrected chi connectivity index (χ4v) is 4.60. The van der Waals surface area contributed by atoms with Crippen LogP contribution in [0.5, 0.6) is 0 Å². The fourth-order valence-electron chi connectivity index (χ4n) is 3.03. The number of nitrogens with zero attached hydrogens (tertiary/aromatic N) is 2. The summed E-state index contributed by atoms with van der Waals surface area (Å²) in [5, 5.41) is 31.4. The van der Waals surface area contributed by atoms with Crippen LogP contribution in [-0.2, 0) is 9.59 Å². The Morgan fingerprint density at radius 3 is 2.35 bits per heavy atom. The number of aliphatic carboxylic acids is 2. The summed E-state index contributed by atoms with van der Waals surface area (Å²) >= 11 is 2.97. The highest BCUT2D eigenvalue weighted by Crippen LogP contribution is 2.45.